The molecule has 0 unspecified atom stereocenters. The molecule has 0 spiro atoms. The average molecular weight is 122 g/mol. The minimum absolute atomic E-state index is 0. The summed E-state index contributed by atoms with van der Waals surface area (Å²) in [6.07, 6.45) is 0. The third-order valence-electron chi connectivity index (χ3n) is 1.17. The monoisotopic (exact) mass is 122 g/mol. The van der Waals surface area contributed by atoms with Gasteiger partial charge in [-0.15, -0.1) is 0 Å². The highest BCUT2D eigenvalue weighted by molar-refractivity contribution is 5.20. The third-order valence-corrected chi connectivity index (χ3v) is 1.17. The van der Waals surface area contributed by atoms with Crippen LogP contribution in [0.15, 0.2) is 24.3 Å². The van der Waals surface area contributed by atoms with Crippen molar-refractivity contribution in [3.8, 4) is 0 Å². The van der Waals surface area contributed by atoms with Crippen molar-refractivity contribution in [2.45, 2.75) is 21.3 Å². The van der Waals surface area contributed by atoms with Crippen LogP contribution in [0, 0.1) is 13.8 Å². The van der Waals surface area contributed by atoms with Gasteiger partial charge >= 0.3 is 0 Å². The molecule has 0 bridgehead atoms. The summed E-state index contributed by atoms with van der Waals surface area (Å²) < 4.78 is 0. The molecular formula is C9H14. The topological polar surface area (TPSA) is 0 Å². The standard InChI is InChI=1S/C8H10.CH4/c1-7-4-3-5-8(2)6-7;/h3-6H,1-2H3;1H4. The number of hydrogen-bond acceptors (Lipinski definition) is 0. The Kier molecular flexibility index (Phi) is 3.00. The minimum Gasteiger partial charge on any atom is -0.0776 e. The lowest BCUT2D eigenvalue weighted by atomic mass is 10.2. The molecule has 0 heteroatoms. The Hall–Kier alpha value is -0.780. The summed E-state index contributed by atoms with van der Waals surface area (Å²) in [6.45, 7) is 4.21. The zero-order valence-corrected chi connectivity index (χ0v) is 5.31. The summed E-state index contributed by atoms with van der Waals surface area (Å²) in [6, 6.07) is 8.45. The molecule has 0 aliphatic heterocycles. The number of benzene rings is 1. The van der Waals surface area contributed by atoms with Gasteiger partial charge in [-0.1, -0.05) is 42.8 Å². The molecule has 0 amide bonds. The first kappa shape index (κ1) is 8.22. The van der Waals surface area contributed by atoms with Gasteiger partial charge in [0.1, 0.15) is 0 Å². The van der Waals surface area contributed by atoms with Crippen molar-refractivity contribution in [3.05, 3.63) is 35.4 Å². The van der Waals surface area contributed by atoms with E-state index in [0.717, 1.165) is 0 Å². The molecule has 0 saturated heterocycles. The highest BCUT2D eigenvalue weighted by Crippen LogP contribution is 2.00. The van der Waals surface area contributed by atoms with Crippen LogP contribution < -0.4 is 0 Å². The van der Waals surface area contributed by atoms with Gasteiger partial charge in [0.25, 0.3) is 0 Å². The van der Waals surface area contributed by atoms with Crippen LogP contribution >= 0.6 is 0 Å². The van der Waals surface area contributed by atoms with Crippen molar-refractivity contribution in [1.29, 1.82) is 0 Å². The Labute approximate surface area is 57.5 Å². The van der Waals surface area contributed by atoms with E-state index >= 15 is 0 Å². The minimum atomic E-state index is 0. The maximum atomic E-state index is 2.17. The van der Waals surface area contributed by atoms with Gasteiger partial charge in [-0.05, 0) is 13.8 Å². The number of rotatable bonds is 0. The third kappa shape index (κ3) is 2.31. The Bertz CT molecular complexity index is 160. The van der Waals surface area contributed by atoms with Crippen LogP contribution in [0.1, 0.15) is 18.6 Å². The molecule has 0 radical (unpaired) electrons. The highest BCUT2D eigenvalue weighted by Gasteiger charge is 1.80. The van der Waals surface area contributed by atoms with Crippen molar-refractivity contribution in [2.24, 2.45) is 0 Å². The van der Waals surface area contributed by atoms with Crippen LogP contribution in [0.25, 0.3) is 0 Å². The molecule has 0 aromatic heterocycles. The first-order chi connectivity index (χ1) is 3.79. The van der Waals surface area contributed by atoms with Gasteiger partial charge in [0.2, 0.25) is 0 Å². The van der Waals surface area contributed by atoms with Gasteiger partial charge in [0.05, 0.1) is 0 Å². The van der Waals surface area contributed by atoms with Gasteiger partial charge in [-0.3, -0.25) is 0 Å². The average Bonchev–Trinajstić information content (AvgIpc) is 1.64. The van der Waals surface area contributed by atoms with Crippen molar-refractivity contribution in [2.75, 3.05) is 0 Å². The highest BCUT2D eigenvalue weighted by atomic mass is 13.9. The molecule has 1 aromatic carbocycles. The first-order valence-corrected chi connectivity index (χ1v) is 2.82. The lowest BCUT2D eigenvalue weighted by Crippen LogP contribution is -1.71. The van der Waals surface area contributed by atoms with Crippen LogP contribution in [0.4, 0.5) is 0 Å². The molecule has 1 aromatic rings. The Morgan fingerprint density at radius 1 is 1.00 bits per heavy atom. The van der Waals surface area contributed by atoms with Crippen LogP contribution in [-0.4, -0.2) is 0 Å². The second-order valence-corrected chi connectivity index (χ2v) is 2.16. The van der Waals surface area contributed by atoms with E-state index in [1.807, 2.05) is 0 Å². The van der Waals surface area contributed by atoms with E-state index in [1.165, 1.54) is 11.1 Å². The lowest BCUT2D eigenvalue weighted by Gasteiger charge is -1.90. The summed E-state index contributed by atoms with van der Waals surface area (Å²) in [5.74, 6) is 0. The molecule has 9 heavy (non-hydrogen) atoms. The van der Waals surface area contributed by atoms with Crippen molar-refractivity contribution < 1.29 is 0 Å². The smallest absolute Gasteiger partial charge is 0.0398 e. The second-order valence-electron chi connectivity index (χ2n) is 2.16. The maximum Gasteiger partial charge on any atom is -0.0398 e. The summed E-state index contributed by atoms with van der Waals surface area (Å²) in [4.78, 5) is 0. The van der Waals surface area contributed by atoms with Gasteiger partial charge in [-0.2, -0.15) is 0 Å². The molecule has 0 aliphatic rings. The van der Waals surface area contributed by atoms with E-state index in [-0.39, 0.29) is 7.43 Å². The molecule has 0 saturated carbocycles. The number of hydrogen-bond donors (Lipinski definition) is 0. The molecule has 0 nitrogen and oxygen atoms in total. The summed E-state index contributed by atoms with van der Waals surface area (Å²) >= 11 is 0. The Balaban J connectivity index is 0.000000640. The van der Waals surface area contributed by atoms with Gasteiger partial charge < -0.3 is 0 Å². The van der Waals surface area contributed by atoms with Crippen LogP contribution in [0.3, 0.4) is 0 Å². The van der Waals surface area contributed by atoms with Crippen molar-refractivity contribution in [3.63, 3.8) is 0 Å². The summed E-state index contributed by atoms with van der Waals surface area (Å²) in [7, 11) is 0. The summed E-state index contributed by atoms with van der Waals surface area (Å²) in [5.41, 5.74) is 2.68. The van der Waals surface area contributed by atoms with Gasteiger partial charge in [-0.25, -0.2) is 0 Å². The SMILES string of the molecule is C.Cc1cccc(C)c1. The van der Waals surface area contributed by atoms with Crippen LogP contribution in [0.5, 0.6) is 0 Å². The van der Waals surface area contributed by atoms with E-state index in [2.05, 4.69) is 38.1 Å². The molecule has 0 heterocycles. The molecule has 0 N–H and O–H groups in total. The zero-order chi connectivity index (χ0) is 5.98. The molecule has 0 aliphatic carbocycles. The quantitative estimate of drug-likeness (QED) is 0.496. The second kappa shape index (κ2) is 3.29. The fraction of sp³-hybridized carbons (Fsp3) is 0.333. The lowest BCUT2D eigenvalue weighted by molar-refractivity contribution is 1.39. The van der Waals surface area contributed by atoms with Gasteiger partial charge in [0.15, 0.2) is 0 Å². The Morgan fingerprint density at radius 3 is 1.67 bits per heavy atom. The van der Waals surface area contributed by atoms with E-state index in [1.54, 1.807) is 0 Å². The van der Waals surface area contributed by atoms with Crippen molar-refractivity contribution in [1.82, 2.24) is 0 Å². The molecule has 1 rings (SSSR count). The summed E-state index contributed by atoms with van der Waals surface area (Å²) in [5, 5.41) is 0. The van der Waals surface area contributed by atoms with Gasteiger partial charge in [0, 0.05) is 0 Å². The normalized spacial score (nSPS) is 8.22. The fourth-order valence-electron chi connectivity index (χ4n) is 0.807. The predicted octanol–water partition coefficient (Wildman–Crippen LogP) is 2.94. The molecule has 0 atom stereocenters. The van der Waals surface area contributed by atoms with E-state index in [9.17, 15) is 0 Å². The van der Waals surface area contributed by atoms with Crippen LogP contribution in [-0.2, 0) is 0 Å². The largest absolute Gasteiger partial charge is 0.0776 e. The maximum absolute atomic E-state index is 2.17. The predicted molar refractivity (Wildman–Crippen MR) is 42.6 cm³/mol. The van der Waals surface area contributed by atoms with E-state index in [4.69, 9.17) is 0 Å². The first-order valence-electron chi connectivity index (χ1n) is 2.82. The number of aryl methyl sites for hydroxylation is 2. The van der Waals surface area contributed by atoms with E-state index < -0.39 is 0 Å². The van der Waals surface area contributed by atoms with Crippen molar-refractivity contribution >= 4 is 0 Å². The van der Waals surface area contributed by atoms with E-state index in [0.29, 0.717) is 0 Å². The van der Waals surface area contributed by atoms with Crippen LogP contribution in [0.2, 0.25) is 0 Å². The molecule has 50 valence electrons. The Morgan fingerprint density at radius 2 is 1.44 bits per heavy atom. The zero-order valence-electron chi connectivity index (χ0n) is 5.31. The molecular weight excluding hydrogens is 108 g/mol. The molecule has 0 fully saturated rings. The fourth-order valence-corrected chi connectivity index (χ4v) is 0.807.